The summed E-state index contributed by atoms with van der Waals surface area (Å²) in [5.41, 5.74) is 6.58. The van der Waals surface area contributed by atoms with Crippen LogP contribution in [0.1, 0.15) is 39.6 Å². The Morgan fingerprint density at radius 2 is 1.58 bits per heavy atom. The number of pyridine rings is 1. The minimum absolute atomic E-state index is 0.540. The summed E-state index contributed by atoms with van der Waals surface area (Å²) in [6.45, 7) is 8.18. The fourth-order valence-corrected chi connectivity index (χ4v) is 2.58. The van der Waals surface area contributed by atoms with Crippen LogP contribution in [0.2, 0.25) is 0 Å². The number of aryl methyl sites for hydroxylation is 4. The third-order valence-electron chi connectivity index (χ3n) is 3.28. The molecule has 0 fully saturated rings. The molecule has 0 amide bonds. The first-order valence-electron chi connectivity index (χ1n) is 6.64. The predicted molar refractivity (Wildman–Crippen MR) is 78.3 cm³/mol. The molecular formula is C17H21NO. The van der Waals surface area contributed by atoms with E-state index in [1.807, 2.05) is 20.0 Å². The molecule has 2 heteroatoms. The van der Waals surface area contributed by atoms with Gasteiger partial charge in [-0.3, -0.25) is 4.98 Å². The van der Waals surface area contributed by atoms with Gasteiger partial charge in [0.05, 0.1) is 5.69 Å². The quantitative estimate of drug-likeness (QED) is 0.909. The molecule has 1 atom stereocenters. The van der Waals surface area contributed by atoms with E-state index in [0.717, 1.165) is 22.4 Å². The van der Waals surface area contributed by atoms with Crippen molar-refractivity contribution < 1.29 is 5.11 Å². The van der Waals surface area contributed by atoms with Crippen LogP contribution in [-0.2, 0) is 6.42 Å². The van der Waals surface area contributed by atoms with Gasteiger partial charge in [-0.1, -0.05) is 35.4 Å². The van der Waals surface area contributed by atoms with Crippen molar-refractivity contribution in [2.45, 2.75) is 40.2 Å². The van der Waals surface area contributed by atoms with Gasteiger partial charge in [0.15, 0.2) is 0 Å². The Balaban J connectivity index is 2.22. The summed E-state index contributed by atoms with van der Waals surface area (Å²) in [5.74, 6) is 0. The Morgan fingerprint density at radius 3 is 2.16 bits per heavy atom. The van der Waals surface area contributed by atoms with E-state index in [2.05, 4.69) is 43.1 Å². The van der Waals surface area contributed by atoms with E-state index in [-0.39, 0.29) is 0 Å². The summed E-state index contributed by atoms with van der Waals surface area (Å²) in [6.07, 6.45) is 1.88. The summed E-state index contributed by atoms with van der Waals surface area (Å²) in [7, 11) is 0. The zero-order valence-corrected chi connectivity index (χ0v) is 12.1. The molecule has 2 aromatic rings. The highest BCUT2D eigenvalue weighted by Crippen LogP contribution is 2.21. The largest absolute Gasteiger partial charge is 0.386 e. The lowest BCUT2D eigenvalue weighted by atomic mass is 9.99. The summed E-state index contributed by atoms with van der Waals surface area (Å²) < 4.78 is 0. The number of nitrogens with zero attached hydrogens (tertiary/aromatic N) is 1. The van der Waals surface area contributed by atoms with Crippen molar-refractivity contribution in [1.82, 2.24) is 4.98 Å². The maximum Gasteiger partial charge on any atom is 0.100 e. The van der Waals surface area contributed by atoms with Gasteiger partial charge in [0.25, 0.3) is 0 Å². The van der Waals surface area contributed by atoms with Crippen LogP contribution in [0.25, 0.3) is 0 Å². The lowest BCUT2D eigenvalue weighted by Gasteiger charge is -2.14. The van der Waals surface area contributed by atoms with Crippen LogP contribution in [0.4, 0.5) is 0 Å². The van der Waals surface area contributed by atoms with Gasteiger partial charge in [-0.2, -0.15) is 0 Å². The molecule has 19 heavy (non-hydrogen) atoms. The van der Waals surface area contributed by atoms with Gasteiger partial charge in [-0.15, -0.1) is 0 Å². The molecule has 1 aromatic carbocycles. The second kappa shape index (κ2) is 5.54. The smallest absolute Gasteiger partial charge is 0.100 e. The third kappa shape index (κ3) is 3.42. The highest BCUT2D eigenvalue weighted by atomic mass is 16.3. The van der Waals surface area contributed by atoms with Crippen molar-refractivity contribution in [3.63, 3.8) is 0 Å². The Labute approximate surface area is 115 Å². The molecule has 0 aliphatic heterocycles. The Morgan fingerprint density at radius 1 is 0.947 bits per heavy atom. The molecule has 100 valence electrons. The molecule has 1 N–H and O–H groups in total. The molecule has 0 spiro atoms. The van der Waals surface area contributed by atoms with Crippen LogP contribution in [-0.4, -0.2) is 10.1 Å². The first-order chi connectivity index (χ1) is 8.95. The van der Waals surface area contributed by atoms with Crippen LogP contribution in [0.5, 0.6) is 0 Å². The van der Waals surface area contributed by atoms with Crippen LogP contribution < -0.4 is 0 Å². The molecule has 1 unspecified atom stereocenters. The molecule has 2 rings (SSSR count). The number of aliphatic hydroxyl groups is 1. The van der Waals surface area contributed by atoms with Gasteiger partial charge < -0.3 is 5.11 Å². The highest BCUT2D eigenvalue weighted by molar-refractivity contribution is 5.31. The second-order valence-electron chi connectivity index (χ2n) is 5.43. The standard InChI is InChI=1S/C17H21NO/c1-11-5-12(2)8-15(7-11)9-16(19)17-14(4)6-13(3)10-18-17/h5-8,10,16,19H,9H2,1-4H3. The number of benzene rings is 1. The number of hydrogen-bond donors (Lipinski definition) is 1. The lowest BCUT2D eigenvalue weighted by molar-refractivity contribution is 0.173. The van der Waals surface area contributed by atoms with Gasteiger partial charge in [0.2, 0.25) is 0 Å². The summed E-state index contributed by atoms with van der Waals surface area (Å²) in [6, 6.07) is 8.46. The number of aromatic nitrogens is 1. The fraction of sp³-hybridized carbons (Fsp3) is 0.353. The Bertz CT molecular complexity index is 570. The molecule has 0 saturated heterocycles. The number of rotatable bonds is 3. The molecule has 0 bridgehead atoms. The van der Waals surface area contributed by atoms with Gasteiger partial charge in [0, 0.05) is 12.6 Å². The van der Waals surface area contributed by atoms with Crippen molar-refractivity contribution in [3.05, 3.63) is 64.0 Å². The monoisotopic (exact) mass is 255 g/mol. The van der Waals surface area contributed by atoms with Crippen molar-refractivity contribution >= 4 is 0 Å². The second-order valence-corrected chi connectivity index (χ2v) is 5.43. The maximum atomic E-state index is 10.4. The van der Waals surface area contributed by atoms with E-state index >= 15 is 0 Å². The average molecular weight is 255 g/mol. The maximum absolute atomic E-state index is 10.4. The van der Waals surface area contributed by atoms with Crippen LogP contribution in [0.15, 0.2) is 30.5 Å². The molecule has 0 saturated carbocycles. The molecule has 2 nitrogen and oxygen atoms in total. The van der Waals surface area contributed by atoms with E-state index in [9.17, 15) is 5.11 Å². The SMILES string of the molecule is Cc1cc(C)cc(CC(O)c2ncc(C)cc2C)c1. The van der Waals surface area contributed by atoms with Crippen LogP contribution in [0, 0.1) is 27.7 Å². The zero-order valence-electron chi connectivity index (χ0n) is 12.1. The molecular weight excluding hydrogens is 234 g/mol. The van der Waals surface area contributed by atoms with Gasteiger partial charge >= 0.3 is 0 Å². The van der Waals surface area contributed by atoms with Crippen molar-refractivity contribution in [1.29, 1.82) is 0 Å². The normalized spacial score (nSPS) is 12.5. The van der Waals surface area contributed by atoms with Crippen molar-refractivity contribution in [3.8, 4) is 0 Å². The minimum Gasteiger partial charge on any atom is -0.386 e. The summed E-state index contributed by atoms with van der Waals surface area (Å²) in [5, 5.41) is 10.4. The molecule has 0 aliphatic rings. The van der Waals surface area contributed by atoms with E-state index in [1.165, 1.54) is 11.1 Å². The zero-order chi connectivity index (χ0) is 14.0. The van der Waals surface area contributed by atoms with Gasteiger partial charge in [-0.05, 0) is 44.4 Å². The van der Waals surface area contributed by atoms with Crippen LogP contribution >= 0.6 is 0 Å². The fourth-order valence-electron chi connectivity index (χ4n) is 2.58. The van der Waals surface area contributed by atoms with Gasteiger partial charge in [0.1, 0.15) is 6.10 Å². The topological polar surface area (TPSA) is 33.1 Å². The number of hydrogen-bond acceptors (Lipinski definition) is 2. The van der Waals surface area contributed by atoms with E-state index < -0.39 is 6.10 Å². The highest BCUT2D eigenvalue weighted by Gasteiger charge is 2.13. The van der Waals surface area contributed by atoms with Crippen LogP contribution in [0.3, 0.4) is 0 Å². The number of aliphatic hydroxyl groups excluding tert-OH is 1. The average Bonchev–Trinajstić information content (AvgIpc) is 2.26. The van der Waals surface area contributed by atoms with Gasteiger partial charge in [-0.25, -0.2) is 0 Å². The Hall–Kier alpha value is -1.67. The third-order valence-corrected chi connectivity index (χ3v) is 3.28. The molecule has 1 heterocycles. The Kier molecular flexibility index (Phi) is 4.01. The summed E-state index contributed by atoms with van der Waals surface area (Å²) >= 11 is 0. The predicted octanol–water partition coefficient (Wildman–Crippen LogP) is 3.59. The molecule has 0 aliphatic carbocycles. The first-order valence-corrected chi connectivity index (χ1v) is 6.64. The first kappa shape index (κ1) is 13.8. The molecule has 0 radical (unpaired) electrons. The van der Waals surface area contributed by atoms with Crippen molar-refractivity contribution in [2.75, 3.05) is 0 Å². The lowest BCUT2D eigenvalue weighted by Crippen LogP contribution is -2.07. The van der Waals surface area contributed by atoms with E-state index in [4.69, 9.17) is 0 Å². The van der Waals surface area contributed by atoms with Crippen molar-refractivity contribution in [2.24, 2.45) is 0 Å². The summed E-state index contributed by atoms with van der Waals surface area (Å²) in [4.78, 5) is 4.37. The van der Waals surface area contributed by atoms with E-state index in [0.29, 0.717) is 6.42 Å². The molecule has 1 aromatic heterocycles. The minimum atomic E-state index is -0.540. The van der Waals surface area contributed by atoms with E-state index in [1.54, 1.807) is 0 Å².